The van der Waals surface area contributed by atoms with E-state index < -0.39 is 0 Å². The summed E-state index contributed by atoms with van der Waals surface area (Å²) in [5.41, 5.74) is 4.44. The standard InChI is InChI=1S/C23H23NO6/c1-26-17-10-19(28-3)18(27-2)8-13(17)22-12-7-20-21(30-11-29-20)9-15(12)24-14-5-4-6-16(25)23(14)22/h7-10,22,24H,4-6,11H2,1-3H3. The van der Waals surface area contributed by atoms with Gasteiger partial charge in [0.25, 0.3) is 0 Å². The molecule has 3 aliphatic rings. The van der Waals surface area contributed by atoms with Gasteiger partial charge in [-0.1, -0.05) is 0 Å². The summed E-state index contributed by atoms with van der Waals surface area (Å²) in [5, 5.41) is 3.47. The van der Waals surface area contributed by atoms with Gasteiger partial charge < -0.3 is 29.0 Å². The van der Waals surface area contributed by atoms with Gasteiger partial charge in [0, 0.05) is 47.0 Å². The highest BCUT2D eigenvalue weighted by Gasteiger charge is 2.38. The molecule has 2 aromatic carbocycles. The van der Waals surface area contributed by atoms with E-state index in [1.54, 1.807) is 27.4 Å². The monoisotopic (exact) mass is 409 g/mol. The smallest absolute Gasteiger partial charge is 0.231 e. The molecule has 0 fully saturated rings. The van der Waals surface area contributed by atoms with Crippen LogP contribution in [0.3, 0.4) is 0 Å². The normalized spacial score (nSPS) is 19.0. The molecule has 0 saturated carbocycles. The van der Waals surface area contributed by atoms with Gasteiger partial charge in [0.15, 0.2) is 28.8 Å². The number of anilines is 1. The number of benzene rings is 2. The molecule has 1 atom stereocenters. The van der Waals surface area contributed by atoms with Crippen molar-refractivity contribution in [3.8, 4) is 28.7 Å². The van der Waals surface area contributed by atoms with Gasteiger partial charge in [-0.15, -0.1) is 0 Å². The third-order valence-corrected chi connectivity index (χ3v) is 5.93. The summed E-state index contributed by atoms with van der Waals surface area (Å²) in [6.45, 7) is 0.189. The van der Waals surface area contributed by atoms with Crippen LogP contribution in [0.5, 0.6) is 28.7 Å². The lowest BCUT2D eigenvalue weighted by Gasteiger charge is -2.35. The molecule has 2 aliphatic heterocycles. The van der Waals surface area contributed by atoms with E-state index >= 15 is 0 Å². The number of ether oxygens (including phenoxy) is 5. The van der Waals surface area contributed by atoms with Crippen molar-refractivity contribution in [3.05, 3.63) is 46.7 Å². The van der Waals surface area contributed by atoms with E-state index in [-0.39, 0.29) is 18.5 Å². The molecule has 0 bridgehead atoms. The van der Waals surface area contributed by atoms with Crippen LogP contribution in [0.4, 0.5) is 5.69 Å². The maximum atomic E-state index is 13.1. The highest BCUT2D eigenvalue weighted by atomic mass is 16.7. The highest BCUT2D eigenvalue weighted by Crippen LogP contribution is 2.52. The maximum Gasteiger partial charge on any atom is 0.231 e. The number of ketones is 1. The van der Waals surface area contributed by atoms with E-state index in [1.165, 1.54) is 0 Å². The number of Topliss-reactive ketones (excluding diaryl/α,β-unsaturated/α-hetero) is 1. The molecule has 2 heterocycles. The minimum Gasteiger partial charge on any atom is -0.496 e. The van der Waals surface area contributed by atoms with Gasteiger partial charge in [-0.25, -0.2) is 0 Å². The molecule has 7 heteroatoms. The molecule has 0 amide bonds. The van der Waals surface area contributed by atoms with Crippen molar-refractivity contribution in [1.82, 2.24) is 0 Å². The predicted molar refractivity (Wildman–Crippen MR) is 110 cm³/mol. The Morgan fingerprint density at radius 3 is 2.30 bits per heavy atom. The van der Waals surface area contributed by atoms with Gasteiger partial charge in [-0.05, 0) is 30.5 Å². The maximum absolute atomic E-state index is 13.1. The predicted octanol–water partition coefficient (Wildman–Crippen LogP) is 4.01. The Morgan fingerprint density at radius 2 is 1.57 bits per heavy atom. The van der Waals surface area contributed by atoms with Gasteiger partial charge in [0.05, 0.1) is 21.3 Å². The van der Waals surface area contributed by atoms with Crippen molar-refractivity contribution >= 4 is 11.5 Å². The zero-order valence-electron chi connectivity index (χ0n) is 17.2. The summed E-state index contributed by atoms with van der Waals surface area (Å²) in [4.78, 5) is 13.1. The second-order valence-corrected chi connectivity index (χ2v) is 7.47. The number of methoxy groups -OCH3 is 3. The number of nitrogens with one attached hydrogen (secondary N) is 1. The fourth-order valence-corrected chi connectivity index (χ4v) is 4.55. The summed E-state index contributed by atoms with van der Waals surface area (Å²) >= 11 is 0. The summed E-state index contributed by atoms with van der Waals surface area (Å²) < 4.78 is 27.9. The molecular formula is C23H23NO6. The van der Waals surface area contributed by atoms with E-state index in [0.717, 1.165) is 40.9 Å². The van der Waals surface area contributed by atoms with E-state index in [1.807, 2.05) is 18.2 Å². The van der Waals surface area contributed by atoms with E-state index in [2.05, 4.69) is 5.32 Å². The molecule has 1 aliphatic carbocycles. The number of fused-ring (bicyclic) bond motifs is 2. The fourth-order valence-electron chi connectivity index (χ4n) is 4.55. The Bertz CT molecular complexity index is 1070. The first-order chi connectivity index (χ1) is 14.6. The second-order valence-electron chi connectivity index (χ2n) is 7.47. The van der Waals surface area contributed by atoms with Gasteiger partial charge in [-0.3, -0.25) is 4.79 Å². The Morgan fingerprint density at radius 1 is 0.867 bits per heavy atom. The van der Waals surface area contributed by atoms with Gasteiger partial charge in [0.2, 0.25) is 6.79 Å². The number of rotatable bonds is 4. The van der Waals surface area contributed by atoms with Crippen LogP contribution in [0.1, 0.15) is 36.3 Å². The van der Waals surface area contributed by atoms with E-state index in [9.17, 15) is 4.79 Å². The molecule has 2 aromatic rings. The summed E-state index contributed by atoms with van der Waals surface area (Å²) in [7, 11) is 4.80. The average molecular weight is 409 g/mol. The molecule has 0 spiro atoms. The lowest BCUT2D eigenvalue weighted by atomic mass is 9.75. The van der Waals surface area contributed by atoms with Crippen LogP contribution >= 0.6 is 0 Å². The molecule has 1 N–H and O–H groups in total. The van der Waals surface area contributed by atoms with Crippen LogP contribution in [0.2, 0.25) is 0 Å². The number of carbonyl (C=O) groups excluding carboxylic acids is 1. The van der Waals surface area contributed by atoms with Crippen LogP contribution in [-0.2, 0) is 4.79 Å². The number of hydrogen-bond acceptors (Lipinski definition) is 7. The summed E-state index contributed by atoms with van der Waals surface area (Å²) in [5.74, 6) is 3.00. The van der Waals surface area contributed by atoms with Crippen molar-refractivity contribution < 1.29 is 28.5 Å². The lowest BCUT2D eigenvalue weighted by molar-refractivity contribution is -0.116. The van der Waals surface area contributed by atoms with Crippen molar-refractivity contribution in [2.45, 2.75) is 25.2 Å². The first kappa shape index (κ1) is 18.7. The molecule has 7 nitrogen and oxygen atoms in total. The minimum atomic E-state index is -0.312. The largest absolute Gasteiger partial charge is 0.496 e. The molecule has 156 valence electrons. The van der Waals surface area contributed by atoms with Crippen molar-refractivity contribution in [2.75, 3.05) is 33.4 Å². The molecule has 0 aromatic heterocycles. The van der Waals surface area contributed by atoms with Crippen LogP contribution in [-0.4, -0.2) is 33.9 Å². The van der Waals surface area contributed by atoms with Crippen LogP contribution in [0, 0.1) is 0 Å². The molecular weight excluding hydrogens is 386 g/mol. The summed E-state index contributed by atoms with van der Waals surface area (Å²) in [6, 6.07) is 7.60. The van der Waals surface area contributed by atoms with Gasteiger partial charge in [-0.2, -0.15) is 0 Å². The molecule has 0 radical (unpaired) electrons. The Kier molecular flexibility index (Phi) is 4.46. The van der Waals surface area contributed by atoms with Gasteiger partial charge in [0.1, 0.15) is 5.75 Å². The average Bonchev–Trinajstić information content (AvgIpc) is 3.22. The molecule has 30 heavy (non-hydrogen) atoms. The van der Waals surface area contributed by atoms with Crippen molar-refractivity contribution in [3.63, 3.8) is 0 Å². The second kappa shape index (κ2) is 7.16. The quantitative estimate of drug-likeness (QED) is 0.818. The zero-order valence-corrected chi connectivity index (χ0v) is 17.2. The molecule has 5 rings (SSSR count). The molecule has 0 saturated heterocycles. The fraction of sp³-hybridized carbons (Fsp3) is 0.348. The highest BCUT2D eigenvalue weighted by molar-refractivity contribution is 6.01. The zero-order chi connectivity index (χ0) is 20.8. The van der Waals surface area contributed by atoms with Crippen LogP contribution in [0.25, 0.3) is 0 Å². The van der Waals surface area contributed by atoms with Crippen molar-refractivity contribution in [1.29, 1.82) is 0 Å². The van der Waals surface area contributed by atoms with E-state index in [0.29, 0.717) is 35.2 Å². The number of allylic oxidation sites excluding steroid dienone is 2. The first-order valence-corrected chi connectivity index (χ1v) is 9.91. The topological polar surface area (TPSA) is 75.3 Å². The summed E-state index contributed by atoms with van der Waals surface area (Å²) in [6.07, 6.45) is 2.19. The van der Waals surface area contributed by atoms with Crippen LogP contribution < -0.4 is 29.0 Å². The lowest BCUT2D eigenvalue weighted by Crippen LogP contribution is -2.27. The third kappa shape index (κ3) is 2.76. The Labute approximate surface area is 174 Å². The SMILES string of the molecule is COc1cc(OC)c(C2C3=C(CCCC3=O)Nc3cc4c(cc32)OCO4)cc1OC. The minimum absolute atomic E-state index is 0.147. The van der Waals surface area contributed by atoms with Crippen LogP contribution in [0.15, 0.2) is 35.5 Å². The van der Waals surface area contributed by atoms with Crippen molar-refractivity contribution in [2.24, 2.45) is 0 Å². The first-order valence-electron chi connectivity index (χ1n) is 9.91. The number of carbonyl (C=O) groups is 1. The Balaban J connectivity index is 1.77. The Hall–Kier alpha value is -3.35. The number of hydrogen-bond donors (Lipinski definition) is 1. The van der Waals surface area contributed by atoms with Gasteiger partial charge >= 0.3 is 0 Å². The van der Waals surface area contributed by atoms with E-state index in [4.69, 9.17) is 23.7 Å². The molecule has 1 unspecified atom stereocenters. The third-order valence-electron chi connectivity index (χ3n) is 5.93.